The summed E-state index contributed by atoms with van der Waals surface area (Å²) >= 11 is 1.92. The Labute approximate surface area is 120 Å². The standard InChI is InChI=1S/C11H21N3S.HI/c1-9(2)7-13-10(12)14-8-11(15-3)5-4-6-11;/h1,4-8H2,2-3H3,(H3,12,13,14);1H. The summed E-state index contributed by atoms with van der Waals surface area (Å²) in [5.41, 5.74) is 6.82. The van der Waals surface area contributed by atoms with Crippen molar-refractivity contribution < 1.29 is 0 Å². The Balaban J connectivity index is 0.00000225. The van der Waals surface area contributed by atoms with E-state index in [2.05, 4.69) is 23.1 Å². The van der Waals surface area contributed by atoms with Crippen molar-refractivity contribution in [2.75, 3.05) is 19.3 Å². The first-order chi connectivity index (χ1) is 7.08. The lowest BCUT2D eigenvalue weighted by atomic mass is 9.84. The minimum absolute atomic E-state index is 0. The monoisotopic (exact) mass is 355 g/mol. The summed E-state index contributed by atoms with van der Waals surface area (Å²) < 4.78 is 0.371. The molecule has 5 heteroatoms. The van der Waals surface area contributed by atoms with Gasteiger partial charge in [0.15, 0.2) is 5.96 Å². The van der Waals surface area contributed by atoms with E-state index in [4.69, 9.17) is 5.73 Å². The summed E-state index contributed by atoms with van der Waals surface area (Å²) in [5.74, 6) is 0.540. The van der Waals surface area contributed by atoms with Crippen molar-refractivity contribution in [3.8, 4) is 0 Å². The summed E-state index contributed by atoms with van der Waals surface area (Å²) in [6.45, 7) is 7.32. The second-order valence-corrected chi connectivity index (χ2v) is 5.53. The van der Waals surface area contributed by atoms with Gasteiger partial charge in [-0.15, -0.1) is 24.0 Å². The van der Waals surface area contributed by atoms with Gasteiger partial charge < -0.3 is 11.1 Å². The zero-order valence-corrected chi connectivity index (χ0v) is 13.2. The highest BCUT2D eigenvalue weighted by Crippen LogP contribution is 2.42. The number of nitrogens with zero attached hydrogens (tertiary/aromatic N) is 1. The van der Waals surface area contributed by atoms with Crippen molar-refractivity contribution in [2.45, 2.75) is 30.9 Å². The molecular weight excluding hydrogens is 333 g/mol. The molecule has 0 radical (unpaired) electrons. The minimum atomic E-state index is 0. The third-order valence-electron chi connectivity index (χ3n) is 2.81. The topological polar surface area (TPSA) is 50.4 Å². The normalized spacial score (nSPS) is 18.2. The quantitative estimate of drug-likeness (QED) is 0.345. The number of thioether (sulfide) groups is 1. The van der Waals surface area contributed by atoms with E-state index in [0.29, 0.717) is 17.3 Å². The van der Waals surface area contributed by atoms with Crippen LogP contribution in [0.2, 0.25) is 0 Å². The van der Waals surface area contributed by atoms with Gasteiger partial charge in [0, 0.05) is 11.3 Å². The van der Waals surface area contributed by atoms with Gasteiger partial charge in [-0.1, -0.05) is 18.6 Å². The van der Waals surface area contributed by atoms with Crippen LogP contribution in [0.15, 0.2) is 17.1 Å². The third kappa shape index (κ3) is 4.95. The molecule has 0 bridgehead atoms. The summed E-state index contributed by atoms with van der Waals surface area (Å²) in [6, 6.07) is 0. The molecule has 0 unspecified atom stereocenters. The second-order valence-electron chi connectivity index (χ2n) is 4.25. The largest absolute Gasteiger partial charge is 0.370 e. The predicted octanol–water partition coefficient (Wildman–Crippen LogP) is 2.37. The smallest absolute Gasteiger partial charge is 0.188 e. The molecule has 0 aromatic carbocycles. The maximum atomic E-state index is 5.75. The van der Waals surface area contributed by atoms with Gasteiger partial charge in [0.25, 0.3) is 0 Å². The van der Waals surface area contributed by atoms with Gasteiger partial charge in [-0.3, -0.25) is 4.99 Å². The summed E-state index contributed by atoms with van der Waals surface area (Å²) in [6.07, 6.45) is 6.03. The molecular formula is C11H22IN3S. The minimum Gasteiger partial charge on any atom is -0.370 e. The van der Waals surface area contributed by atoms with Crippen LogP contribution in [0.5, 0.6) is 0 Å². The number of guanidine groups is 1. The fourth-order valence-corrected chi connectivity index (χ4v) is 2.42. The highest BCUT2D eigenvalue weighted by Gasteiger charge is 2.35. The third-order valence-corrected chi connectivity index (χ3v) is 4.21. The molecule has 0 atom stereocenters. The van der Waals surface area contributed by atoms with Crippen LogP contribution in [-0.4, -0.2) is 30.1 Å². The first kappa shape index (κ1) is 16.1. The van der Waals surface area contributed by atoms with Crippen LogP contribution >= 0.6 is 35.7 Å². The number of nitrogens with two attached hydrogens (primary N) is 1. The van der Waals surface area contributed by atoms with E-state index >= 15 is 0 Å². The first-order valence-corrected chi connectivity index (χ1v) is 6.54. The number of halogens is 1. The molecule has 3 N–H and O–H groups in total. The maximum Gasteiger partial charge on any atom is 0.188 e. The first-order valence-electron chi connectivity index (χ1n) is 5.31. The number of rotatable bonds is 5. The Bertz CT molecular complexity index is 256. The molecule has 0 aliphatic heterocycles. The Morgan fingerprint density at radius 2 is 2.19 bits per heavy atom. The Kier molecular flexibility index (Phi) is 7.46. The lowest BCUT2D eigenvalue weighted by Crippen LogP contribution is -2.39. The molecule has 0 amide bonds. The number of nitrogens with one attached hydrogen (secondary N) is 1. The zero-order valence-electron chi connectivity index (χ0n) is 10.1. The molecule has 1 fully saturated rings. The van der Waals surface area contributed by atoms with Crippen LogP contribution in [-0.2, 0) is 0 Å². The van der Waals surface area contributed by atoms with Gasteiger partial charge in [-0.25, -0.2) is 0 Å². The molecule has 0 spiro atoms. The second kappa shape index (κ2) is 7.42. The van der Waals surface area contributed by atoms with E-state index in [1.807, 2.05) is 18.7 Å². The number of hydrogen-bond acceptors (Lipinski definition) is 2. The average molecular weight is 355 g/mol. The molecule has 0 aromatic heterocycles. The van der Waals surface area contributed by atoms with Crippen molar-refractivity contribution >= 4 is 41.7 Å². The number of hydrogen-bond donors (Lipinski definition) is 2. The average Bonchev–Trinajstić information content (AvgIpc) is 2.14. The number of aliphatic imine (C=N–C) groups is 1. The van der Waals surface area contributed by atoms with Gasteiger partial charge in [0.1, 0.15) is 0 Å². The van der Waals surface area contributed by atoms with Crippen molar-refractivity contribution in [1.82, 2.24) is 5.32 Å². The summed E-state index contributed by atoms with van der Waals surface area (Å²) in [5, 5.41) is 3.05. The Morgan fingerprint density at radius 1 is 1.56 bits per heavy atom. The van der Waals surface area contributed by atoms with Crippen molar-refractivity contribution in [1.29, 1.82) is 0 Å². The highest BCUT2D eigenvalue weighted by molar-refractivity contribution is 14.0. The van der Waals surface area contributed by atoms with Crippen LogP contribution < -0.4 is 11.1 Å². The van der Waals surface area contributed by atoms with Gasteiger partial charge >= 0.3 is 0 Å². The summed E-state index contributed by atoms with van der Waals surface area (Å²) in [4.78, 5) is 4.38. The molecule has 0 saturated heterocycles. The van der Waals surface area contributed by atoms with E-state index in [0.717, 1.165) is 12.1 Å². The van der Waals surface area contributed by atoms with E-state index in [-0.39, 0.29) is 24.0 Å². The zero-order chi connectivity index (χ0) is 11.3. The lowest BCUT2D eigenvalue weighted by Gasteiger charge is -2.39. The lowest BCUT2D eigenvalue weighted by molar-refractivity contribution is 0.372. The molecule has 16 heavy (non-hydrogen) atoms. The Morgan fingerprint density at radius 3 is 2.56 bits per heavy atom. The van der Waals surface area contributed by atoms with E-state index in [1.165, 1.54) is 19.3 Å². The fourth-order valence-electron chi connectivity index (χ4n) is 1.52. The molecule has 0 aromatic rings. The fraction of sp³-hybridized carbons (Fsp3) is 0.727. The van der Waals surface area contributed by atoms with E-state index in [9.17, 15) is 0 Å². The SMILES string of the molecule is C=C(C)CNC(N)=NCC1(SC)CCC1.I. The molecule has 1 aliphatic rings. The molecule has 1 saturated carbocycles. The van der Waals surface area contributed by atoms with Gasteiger partial charge in [-0.05, 0) is 26.0 Å². The van der Waals surface area contributed by atoms with Gasteiger partial charge in [0.05, 0.1) is 6.54 Å². The van der Waals surface area contributed by atoms with Gasteiger partial charge in [0.2, 0.25) is 0 Å². The Hall–Kier alpha value is 0.0900. The van der Waals surface area contributed by atoms with Gasteiger partial charge in [-0.2, -0.15) is 11.8 Å². The molecule has 3 nitrogen and oxygen atoms in total. The molecule has 94 valence electrons. The predicted molar refractivity (Wildman–Crippen MR) is 84.8 cm³/mol. The van der Waals surface area contributed by atoms with Crippen LogP contribution in [0.25, 0.3) is 0 Å². The van der Waals surface area contributed by atoms with Crippen molar-refractivity contribution in [2.24, 2.45) is 10.7 Å². The van der Waals surface area contributed by atoms with Crippen molar-refractivity contribution in [3.63, 3.8) is 0 Å². The van der Waals surface area contributed by atoms with Crippen LogP contribution in [0.4, 0.5) is 0 Å². The summed E-state index contributed by atoms with van der Waals surface area (Å²) in [7, 11) is 0. The molecule has 0 heterocycles. The molecule has 1 rings (SSSR count). The van der Waals surface area contributed by atoms with Crippen LogP contribution in [0.1, 0.15) is 26.2 Å². The van der Waals surface area contributed by atoms with Crippen molar-refractivity contribution in [3.05, 3.63) is 12.2 Å². The van der Waals surface area contributed by atoms with E-state index < -0.39 is 0 Å². The van der Waals surface area contributed by atoms with E-state index in [1.54, 1.807) is 0 Å². The highest BCUT2D eigenvalue weighted by atomic mass is 127. The van der Waals surface area contributed by atoms with Crippen LogP contribution in [0.3, 0.4) is 0 Å². The molecule has 1 aliphatic carbocycles. The van der Waals surface area contributed by atoms with Crippen LogP contribution in [0, 0.1) is 0 Å². The maximum absolute atomic E-state index is 5.75.